The van der Waals surface area contributed by atoms with Crippen LogP contribution >= 0.6 is 0 Å². The first-order chi connectivity index (χ1) is 9.22. The lowest BCUT2D eigenvalue weighted by atomic mass is 10.1. The number of nitrogens with two attached hydrogens (primary N) is 1. The van der Waals surface area contributed by atoms with E-state index >= 15 is 0 Å². The van der Waals surface area contributed by atoms with Gasteiger partial charge in [-0.05, 0) is 25.2 Å². The normalized spacial score (nSPS) is 12.9. The summed E-state index contributed by atoms with van der Waals surface area (Å²) in [7, 11) is 0. The van der Waals surface area contributed by atoms with Crippen molar-refractivity contribution in [2.75, 3.05) is 11.1 Å². The molecule has 20 heavy (non-hydrogen) atoms. The fraction of sp³-hybridized carbons (Fsp3) is 0.714. The van der Waals surface area contributed by atoms with E-state index in [4.69, 9.17) is 5.73 Å². The Morgan fingerprint density at radius 1 is 1.15 bits per heavy atom. The van der Waals surface area contributed by atoms with Crippen molar-refractivity contribution in [2.24, 2.45) is 11.8 Å². The van der Waals surface area contributed by atoms with Crippen LogP contribution in [0.4, 0.5) is 11.5 Å². The summed E-state index contributed by atoms with van der Waals surface area (Å²) < 4.78 is 1.41. The van der Waals surface area contributed by atoms with Crippen LogP contribution in [0.2, 0.25) is 0 Å². The van der Waals surface area contributed by atoms with Crippen LogP contribution in [0.15, 0.2) is 9.59 Å². The fourth-order valence-corrected chi connectivity index (χ4v) is 2.29. The molecule has 6 heteroatoms. The summed E-state index contributed by atoms with van der Waals surface area (Å²) in [6.07, 6.45) is 0.919. The number of aromatic nitrogens is 2. The number of nitrogen functional groups attached to an aromatic ring is 1. The third-order valence-corrected chi connectivity index (χ3v) is 3.00. The van der Waals surface area contributed by atoms with E-state index in [0.717, 1.165) is 6.42 Å². The van der Waals surface area contributed by atoms with E-state index in [0.29, 0.717) is 18.2 Å². The minimum atomic E-state index is -0.455. The number of anilines is 2. The number of H-pyrrole nitrogens is 1. The molecule has 1 aromatic rings. The van der Waals surface area contributed by atoms with Crippen LogP contribution in [0, 0.1) is 11.8 Å². The van der Waals surface area contributed by atoms with E-state index in [-0.39, 0.29) is 17.8 Å². The molecule has 114 valence electrons. The maximum atomic E-state index is 11.9. The summed E-state index contributed by atoms with van der Waals surface area (Å²) in [5.74, 6) is 0.990. The van der Waals surface area contributed by atoms with Gasteiger partial charge in [0.05, 0.1) is 0 Å². The van der Waals surface area contributed by atoms with E-state index in [1.165, 1.54) is 4.57 Å². The molecule has 0 aromatic carbocycles. The maximum absolute atomic E-state index is 11.9. The highest BCUT2D eigenvalue weighted by atomic mass is 16.2. The van der Waals surface area contributed by atoms with Gasteiger partial charge in [-0.3, -0.25) is 14.3 Å². The van der Waals surface area contributed by atoms with Gasteiger partial charge in [0.1, 0.15) is 11.5 Å². The molecule has 0 saturated heterocycles. The second kappa shape index (κ2) is 6.63. The lowest BCUT2D eigenvalue weighted by Crippen LogP contribution is -2.36. The van der Waals surface area contributed by atoms with Gasteiger partial charge in [-0.25, -0.2) is 4.79 Å². The quantitative estimate of drug-likeness (QED) is 0.739. The molecular formula is C14H26N4O2. The Balaban J connectivity index is 3.13. The van der Waals surface area contributed by atoms with Crippen LogP contribution < -0.4 is 22.3 Å². The molecule has 1 unspecified atom stereocenters. The molecule has 1 atom stereocenters. The molecule has 1 heterocycles. The van der Waals surface area contributed by atoms with Gasteiger partial charge in [-0.15, -0.1) is 0 Å². The average molecular weight is 282 g/mol. The van der Waals surface area contributed by atoms with Gasteiger partial charge < -0.3 is 11.1 Å². The van der Waals surface area contributed by atoms with Crippen molar-refractivity contribution in [3.63, 3.8) is 0 Å². The molecule has 0 radical (unpaired) electrons. The molecule has 6 nitrogen and oxygen atoms in total. The van der Waals surface area contributed by atoms with Crippen LogP contribution in [-0.4, -0.2) is 15.6 Å². The Kier molecular flexibility index (Phi) is 5.42. The Morgan fingerprint density at radius 2 is 1.75 bits per heavy atom. The lowest BCUT2D eigenvalue weighted by Gasteiger charge is -2.20. The molecule has 0 saturated carbocycles. The maximum Gasteiger partial charge on any atom is 0.330 e. The highest BCUT2D eigenvalue weighted by Crippen LogP contribution is 2.15. The predicted molar refractivity (Wildman–Crippen MR) is 83.1 cm³/mol. The van der Waals surface area contributed by atoms with Crippen molar-refractivity contribution in [3.05, 3.63) is 20.8 Å². The Labute approximate surface area is 119 Å². The third-order valence-electron chi connectivity index (χ3n) is 3.00. The van der Waals surface area contributed by atoms with Crippen LogP contribution in [0.3, 0.4) is 0 Å². The number of nitrogens with zero attached hydrogens (tertiary/aromatic N) is 1. The second-order valence-electron chi connectivity index (χ2n) is 6.20. The Hall–Kier alpha value is -1.72. The van der Waals surface area contributed by atoms with Gasteiger partial charge in [0.15, 0.2) is 0 Å². The smallest absolute Gasteiger partial charge is 0.330 e. The number of hydrogen-bond acceptors (Lipinski definition) is 4. The van der Waals surface area contributed by atoms with Crippen LogP contribution in [0.5, 0.6) is 0 Å². The molecule has 1 rings (SSSR count). The summed E-state index contributed by atoms with van der Waals surface area (Å²) in [5, 5.41) is 3.12. The summed E-state index contributed by atoms with van der Waals surface area (Å²) >= 11 is 0. The SMILES string of the molecule is CC(C)CC(C)Nc1c(N)n(CC(C)C)c(=O)[nH]c1=O. The van der Waals surface area contributed by atoms with Crippen molar-refractivity contribution < 1.29 is 0 Å². The van der Waals surface area contributed by atoms with Gasteiger partial charge in [0.2, 0.25) is 0 Å². The number of rotatable bonds is 6. The number of hydrogen-bond donors (Lipinski definition) is 3. The Bertz CT molecular complexity index is 557. The molecule has 0 fully saturated rings. The van der Waals surface area contributed by atoms with Gasteiger partial charge in [0, 0.05) is 12.6 Å². The highest BCUT2D eigenvalue weighted by molar-refractivity contribution is 5.60. The van der Waals surface area contributed by atoms with E-state index in [1.54, 1.807) is 0 Å². The zero-order chi connectivity index (χ0) is 15.4. The van der Waals surface area contributed by atoms with Gasteiger partial charge in [0.25, 0.3) is 5.56 Å². The first-order valence-electron chi connectivity index (χ1n) is 7.11. The van der Waals surface area contributed by atoms with Crippen molar-refractivity contribution >= 4 is 11.5 Å². The predicted octanol–water partition coefficient (Wildman–Crippen LogP) is 1.62. The first kappa shape index (κ1) is 16.3. The molecule has 0 aliphatic carbocycles. The molecule has 1 aromatic heterocycles. The topological polar surface area (TPSA) is 92.9 Å². The average Bonchev–Trinajstić information content (AvgIpc) is 2.29. The van der Waals surface area contributed by atoms with Crippen molar-refractivity contribution in [2.45, 2.75) is 53.6 Å². The third kappa shape index (κ3) is 4.15. The molecule has 0 aliphatic rings. The van der Waals surface area contributed by atoms with Crippen LogP contribution in [-0.2, 0) is 6.54 Å². The minimum Gasteiger partial charge on any atom is -0.383 e. The van der Waals surface area contributed by atoms with Gasteiger partial charge in [-0.1, -0.05) is 27.7 Å². The zero-order valence-electron chi connectivity index (χ0n) is 13.0. The molecule has 0 amide bonds. The minimum absolute atomic E-state index is 0.114. The van der Waals surface area contributed by atoms with Crippen molar-refractivity contribution in [3.8, 4) is 0 Å². The Morgan fingerprint density at radius 3 is 2.25 bits per heavy atom. The highest BCUT2D eigenvalue weighted by Gasteiger charge is 2.15. The monoisotopic (exact) mass is 282 g/mol. The molecule has 0 aliphatic heterocycles. The zero-order valence-corrected chi connectivity index (χ0v) is 13.0. The largest absolute Gasteiger partial charge is 0.383 e. The molecular weight excluding hydrogens is 256 g/mol. The number of aromatic amines is 1. The van der Waals surface area contributed by atoms with Crippen LogP contribution in [0.25, 0.3) is 0 Å². The van der Waals surface area contributed by atoms with Gasteiger partial charge >= 0.3 is 5.69 Å². The standard InChI is InChI=1S/C14H26N4O2/c1-8(2)6-10(5)16-11-12(15)18(7-9(3)4)14(20)17-13(11)19/h8-10,16H,6-7,15H2,1-5H3,(H,17,19,20). The fourth-order valence-electron chi connectivity index (χ4n) is 2.29. The summed E-state index contributed by atoms with van der Waals surface area (Å²) in [6.45, 7) is 10.7. The van der Waals surface area contributed by atoms with Crippen LogP contribution in [0.1, 0.15) is 41.0 Å². The second-order valence-corrected chi connectivity index (χ2v) is 6.20. The number of nitrogens with one attached hydrogen (secondary N) is 2. The van der Waals surface area contributed by atoms with E-state index < -0.39 is 11.2 Å². The van der Waals surface area contributed by atoms with E-state index in [1.807, 2.05) is 20.8 Å². The van der Waals surface area contributed by atoms with Gasteiger partial charge in [-0.2, -0.15) is 0 Å². The van der Waals surface area contributed by atoms with E-state index in [2.05, 4.69) is 24.1 Å². The summed E-state index contributed by atoms with van der Waals surface area (Å²) in [4.78, 5) is 26.0. The molecule has 0 spiro atoms. The lowest BCUT2D eigenvalue weighted by molar-refractivity contribution is 0.506. The molecule has 0 bridgehead atoms. The molecule has 4 N–H and O–H groups in total. The first-order valence-corrected chi connectivity index (χ1v) is 7.11. The summed E-state index contributed by atoms with van der Waals surface area (Å²) in [6, 6.07) is 0.114. The summed E-state index contributed by atoms with van der Waals surface area (Å²) in [5.41, 5.74) is 5.37. The van der Waals surface area contributed by atoms with E-state index in [9.17, 15) is 9.59 Å². The van der Waals surface area contributed by atoms with Crippen molar-refractivity contribution in [1.82, 2.24) is 9.55 Å². The van der Waals surface area contributed by atoms with Crippen molar-refractivity contribution in [1.29, 1.82) is 0 Å².